The van der Waals surface area contributed by atoms with Crippen LogP contribution in [-0.4, -0.2) is 22.9 Å². The number of carbonyl (C=O) groups is 1. The van der Waals surface area contributed by atoms with E-state index in [1.165, 1.54) is 0 Å². The Morgan fingerprint density at radius 3 is 2.71 bits per heavy atom. The molecule has 0 spiro atoms. The molecule has 0 atom stereocenters. The van der Waals surface area contributed by atoms with Crippen molar-refractivity contribution in [2.24, 2.45) is 0 Å². The second kappa shape index (κ2) is 5.73. The summed E-state index contributed by atoms with van der Waals surface area (Å²) in [5.74, 6) is 2.19. The van der Waals surface area contributed by atoms with Crippen LogP contribution in [0.1, 0.15) is 16.1 Å². The highest BCUT2D eigenvalue weighted by Crippen LogP contribution is 2.37. The van der Waals surface area contributed by atoms with Crippen molar-refractivity contribution in [3.8, 4) is 28.8 Å². The number of ether oxygens (including phenoxy) is 3. The number of hydrogen-bond donors (Lipinski definition) is 0. The third-order valence-electron chi connectivity index (χ3n) is 3.74. The van der Waals surface area contributed by atoms with Gasteiger partial charge in [0.05, 0.1) is 16.9 Å². The van der Waals surface area contributed by atoms with E-state index in [2.05, 4.69) is 5.10 Å². The van der Waals surface area contributed by atoms with E-state index in [9.17, 15) is 4.79 Å². The van der Waals surface area contributed by atoms with Crippen molar-refractivity contribution in [2.75, 3.05) is 6.79 Å². The summed E-state index contributed by atoms with van der Waals surface area (Å²) in [6, 6.07) is 14.8. The number of carbonyl (C=O) groups excluding carboxylic acids is 1. The van der Waals surface area contributed by atoms with Crippen molar-refractivity contribution in [1.29, 1.82) is 0 Å². The third kappa shape index (κ3) is 2.38. The van der Waals surface area contributed by atoms with Crippen LogP contribution in [-0.2, 0) is 0 Å². The van der Waals surface area contributed by atoms with Gasteiger partial charge in [0, 0.05) is 6.07 Å². The van der Waals surface area contributed by atoms with Crippen molar-refractivity contribution in [3.05, 3.63) is 59.8 Å². The molecule has 0 radical (unpaired) electrons. The van der Waals surface area contributed by atoms with Crippen molar-refractivity contribution >= 4 is 6.29 Å². The Bertz CT molecular complexity index is 903. The fourth-order valence-corrected chi connectivity index (χ4v) is 2.55. The van der Waals surface area contributed by atoms with Crippen LogP contribution in [0.15, 0.2) is 48.5 Å². The van der Waals surface area contributed by atoms with Crippen LogP contribution in [0.4, 0.5) is 0 Å². The van der Waals surface area contributed by atoms with Gasteiger partial charge in [-0.3, -0.25) is 4.79 Å². The number of hydrogen-bond acceptors (Lipinski definition) is 5. The fourth-order valence-electron chi connectivity index (χ4n) is 2.55. The predicted molar refractivity (Wildman–Crippen MR) is 86.3 cm³/mol. The molecule has 4 rings (SSSR count). The summed E-state index contributed by atoms with van der Waals surface area (Å²) in [6.07, 6.45) is 0.754. The maximum absolute atomic E-state index is 11.5. The van der Waals surface area contributed by atoms with Crippen LogP contribution in [0.5, 0.6) is 23.1 Å². The molecule has 1 aromatic heterocycles. The Morgan fingerprint density at radius 2 is 1.92 bits per heavy atom. The molecule has 1 aliphatic heterocycles. The minimum Gasteiger partial charge on any atom is -0.454 e. The number of rotatable bonds is 4. The Labute approximate surface area is 138 Å². The number of nitrogens with zero attached hydrogens (tertiary/aromatic N) is 2. The maximum Gasteiger partial charge on any atom is 0.233 e. The number of aromatic nitrogens is 2. The summed E-state index contributed by atoms with van der Waals surface area (Å²) in [5, 5.41) is 4.42. The first kappa shape index (κ1) is 14.3. The van der Waals surface area contributed by atoms with Gasteiger partial charge in [0.2, 0.25) is 12.7 Å². The van der Waals surface area contributed by atoms with Gasteiger partial charge in [-0.2, -0.15) is 9.78 Å². The number of para-hydroxylation sites is 1. The molecule has 6 heteroatoms. The van der Waals surface area contributed by atoms with E-state index in [1.807, 2.05) is 30.3 Å². The highest BCUT2D eigenvalue weighted by molar-refractivity contribution is 5.80. The lowest BCUT2D eigenvalue weighted by molar-refractivity contribution is 0.112. The van der Waals surface area contributed by atoms with Crippen molar-refractivity contribution < 1.29 is 19.0 Å². The van der Waals surface area contributed by atoms with Gasteiger partial charge in [0.15, 0.2) is 17.8 Å². The average molecular weight is 322 g/mol. The molecular formula is C18H14N2O4. The first-order valence-electron chi connectivity index (χ1n) is 7.44. The van der Waals surface area contributed by atoms with Crippen LogP contribution < -0.4 is 14.2 Å². The minimum atomic E-state index is 0.194. The zero-order chi connectivity index (χ0) is 16.5. The standard InChI is InChI=1S/C18H14N2O4/c1-12-15(10-21)18(20(19-12)13-5-3-2-4-6-13)24-14-7-8-16-17(9-14)23-11-22-16/h2-10H,11H2,1H3. The molecule has 0 bridgehead atoms. The van der Waals surface area contributed by atoms with Crippen LogP contribution in [0.2, 0.25) is 0 Å². The summed E-state index contributed by atoms with van der Waals surface area (Å²) in [7, 11) is 0. The van der Waals surface area contributed by atoms with E-state index in [1.54, 1.807) is 29.8 Å². The average Bonchev–Trinajstić information content (AvgIpc) is 3.19. The molecule has 0 N–H and O–H groups in total. The fraction of sp³-hybridized carbons (Fsp3) is 0.111. The van der Waals surface area contributed by atoms with Gasteiger partial charge in [0.25, 0.3) is 0 Å². The predicted octanol–water partition coefficient (Wildman–Crippen LogP) is 3.51. The highest BCUT2D eigenvalue weighted by atomic mass is 16.7. The summed E-state index contributed by atoms with van der Waals surface area (Å²) < 4.78 is 18.2. The van der Waals surface area contributed by atoms with Crippen LogP contribution in [0.25, 0.3) is 5.69 Å². The number of aryl methyl sites for hydroxylation is 1. The Morgan fingerprint density at radius 1 is 1.12 bits per heavy atom. The molecule has 0 saturated carbocycles. The quantitative estimate of drug-likeness (QED) is 0.688. The molecule has 0 amide bonds. The largest absolute Gasteiger partial charge is 0.454 e. The number of aldehydes is 1. The summed E-state index contributed by atoms with van der Waals surface area (Å²) >= 11 is 0. The summed E-state index contributed by atoms with van der Waals surface area (Å²) in [4.78, 5) is 11.5. The van der Waals surface area contributed by atoms with Crippen LogP contribution >= 0.6 is 0 Å². The molecule has 2 aromatic carbocycles. The second-order valence-electron chi connectivity index (χ2n) is 5.29. The Balaban J connectivity index is 1.78. The van der Waals surface area contributed by atoms with Crippen molar-refractivity contribution in [2.45, 2.75) is 6.92 Å². The van der Waals surface area contributed by atoms with E-state index in [0.29, 0.717) is 34.4 Å². The molecule has 6 nitrogen and oxygen atoms in total. The zero-order valence-corrected chi connectivity index (χ0v) is 12.9. The van der Waals surface area contributed by atoms with Crippen LogP contribution in [0, 0.1) is 6.92 Å². The molecule has 1 aliphatic rings. The molecule has 0 aliphatic carbocycles. The van der Waals surface area contributed by atoms with Crippen LogP contribution in [0.3, 0.4) is 0 Å². The molecule has 2 heterocycles. The Kier molecular flexibility index (Phi) is 3.42. The molecule has 0 unspecified atom stereocenters. The van der Waals surface area contributed by atoms with Crippen molar-refractivity contribution in [1.82, 2.24) is 9.78 Å². The topological polar surface area (TPSA) is 62.6 Å². The van der Waals surface area contributed by atoms with Gasteiger partial charge in [-0.05, 0) is 31.2 Å². The summed E-state index contributed by atoms with van der Waals surface area (Å²) in [5.41, 5.74) is 1.82. The normalized spacial score (nSPS) is 12.2. The highest BCUT2D eigenvalue weighted by Gasteiger charge is 2.20. The number of fused-ring (bicyclic) bond motifs is 1. The first-order chi connectivity index (χ1) is 11.8. The summed E-state index contributed by atoms with van der Waals surface area (Å²) in [6.45, 7) is 1.97. The SMILES string of the molecule is Cc1nn(-c2ccccc2)c(Oc2ccc3c(c2)OCO3)c1C=O. The van der Waals surface area contributed by atoms with Crippen molar-refractivity contribution in [3.63, 3.8) is 0 Å². The van der Waals surface area contributed by atoms with E-state index >= 15 is 0 Å². The molecule has 3 aromatic rings. The van der Waals surface area contributed by atoms with E-state index < -0.39 is 0 Å². The van der Waals surface area contributed by atoms with E-state index in [0.717, 1.165) is 12.0 Å². The minimum absolute atomic E-state index is 0.194. The van der Waals surface area contributed by atoms with E-state index in [-0.39, 0.29) is 6.79 Å². The molecule has 0 saturated heterocycles. The lowest BCUT2D eigenvalue weighted by Gasteiger charge is -2.10. The maximum atomic E-state index is 11.5. The third-order valence-corrected chi connectivity index (χ3v) is 3.74. The van der Waals surface area contributed by atoms with Gasteiger partial charge in [-0.15, -0.1) is 0 Å². The second-order valence-corrected chi connectivity index (χ2v) is 5.29. The van der Waals surface area contributed by atoms with Gasteiger partial charge in [-0.25, -0.2) is 0 Å². The lowest BCUT2D eigenvalue weighted by Crippen LogP contribution is -2.00. The van der Waals surface area contributed by atoms with Gasteiger partial charge >= 0.3 is 0 Å². The van der Waals surface area contributed by atoms with E-state index in [4.69, 9.17) is 14.2 Å². The molecular weight excluding hydrogens is 308 g/mol. The zero-order valence-electron chi connectivity index (χ0n) is 12.9. The lowest BCUT2D eigenvalue weighted by atomic mass is 10.2. The molecule has 0 fully saturated rings. The first-order valence-corrected chi connectivity index (χ1v) is 7.44. The molecule has 24 heavy (non-hydrogen) atoms. The number of benzene rings is 2. The monoisotopic (exact) mass is 322 g/mol. The Hall–Kier alpha value is -3.28. The smallest absolute Gasteiger partial charge is 0.233 e. The van der Waals surface area contributed by atoms with Gasteiger partial charge < -0.3 is 14.2 Å². The van der Waals surface area contributed by atoms with Gasteiger partial charge in [0.1, 0.15) is 5.75 Å². The van der Waals surface area contributed by atoms with Gasteiger partial charge in [-0.1, -0.05) is 18.2 Å². The molecule has 120 valence electrons.